The molecule has 0 amide bonds. The van der Waals surface area contributed by atoms with Crippen molar-refractivity contribution < 1.29 is 5.11 Å². The van der Waals surface area contributed by atoms with Gasteiger partial charge in [0.25, 0.3) is 0 Å². The van der Waals surface area contributed by atoms with E-state index in [2.05, 4.69) is 6.07 Å². The Labute approximate surface area is 108 Å². The van der Waals surface area contributed by atoms with Gasteiger partial charge >= 0.3 is 0 Å². The largest absolute Gasteiger partial charge is 0.388 e. The topological polar surface area (TPSA) is 20.2 Å². The van der Waals surface area contributed by atoms with Crippen LogP contribution in [0.25, 0.3) is 0 Å². The summed E-state index contributed by atoms with van der Waals surface area (Å²) in [4.78, 5) is 2.79. The number of aryl methyl sites for hydroxylation is 2. The van der Waals surface area contributed by atoms with Crippen molar-refractivity contribution in [2.45, 2.75) is 63.9 Å². The van der Waals surface area contributed by atoms with Crippen LogP contribution in [0.3, 0.4) is 0 Å². The molecule has 0 spiro atoms. The number of aliphatic hydroxyl groups is 1. The third-order valence-corrected chi connectivity index (χ3v) is 5.48. The molecule has 1 unspecified atom stereocenters. The first kappa shape index (κ1) is 11.7. The fraction of sp³-hybridized carbons (Fsp3) is 0.733. The minimum absolute atomic E-state index is 0.187. The minimum atomic E-state index is -0.187. The third kappa shape index (κ3) is 2.92. The standard InChI is InChI=1S/C15H22OS/c16-13(9-8-11-6-7-11)15-10-12-4-2-1-3-5-14(12)17-15/h10-11,13,16H,1-9H2. The lowest BCUT2D eigenvalue weighted by atomic mass is 10.1. The average Bonchev–Trinajstić information content (AvgIpc) is 3.11. The Morgan fingerprint density at radius 2 is 2.06 bits per heavy atom. The number of hydrogen-bond acceptors (Lipinski definition) is 2. The van der Waals surface area contributed by atoms with Gasteiger partial charge in [-0.05, 0) is 56.1 Å². The number of fused-ring (bicyclic) bond motifs is 1. The van der Waals surface area contributed by atoms with Crippen molar-refractivity contribution in [1.82, 2.24) is 0 Å². The fourth-order valence-corrected chi connectivity index (χ4v) is 4.08. The molecular weight excluding hydrogens is 228 g/mol. The van der Waals surface area contributed by atoms with E-state index in [9.17, 15) is 5.11 Å². The second kappa shape index (κ2) is 5.11. The second-order valence-corrected chi connectivity index (χ2v) is 6.86. The molecule has 0 aliphatic heterocycles. The predicted molar refractivity (Wildman–Crippen MR) is 72.5 cm³/mol. The first-order valence-electron chi connectivity index (χ1n) is 7.12. The number of rotatable bonds is 4. The van der Waals surface area contributed by atoms with Gasteiger partial charge in [0.15, 0.2) is 0 Å². The number of hydrogen-bond donors (Lipinski definition) is 1. The maximum Gasteiger partial charge on any atom is 0.0882 e. The molecule has 3 rings (SSSR count). The fourth-order valence-electron chi connectivity index (χ4n) is 2.80. The van der Waals surface area contributed by atoms with Crippen molar-refractivity contribution in [2.24, 2.45) is 5.92 Å². The van der Waals surface area contributed by atoms with Gasteiger partial charge < -0.3 is 5.11 Å². The zero-order chi connectivity index (χ0) is 11.7. The van der Waals surface area contributed by atoms with Crippen LogP contribution in [0.1, 0.15) is 66.4 Å². The molecule has 1 atom stereocenters. The lowest BCUT2D eigenvalue weighted by molar-refractivity contribution is 0.166. The van der Waals surface area contributed by atoms with Gasteiger partial charge in [-0.15, -0.1) is 11.3 Å². The average molecular weight is 250 g/mol. The van der Waals surface area contributed by atoms with Crippen molar-refractivity contribution in [2.75, 3.05) is 0 Å². The summed E-state index contributed by atoms with van der Waals surface area (Å²) < 4.78 is 0. The highest BCUT2D eigenvalue weighted by Gasteiger charge is 2.23. The molecule has 0 saturated heterocycles. The van der Waals surface area contributed by atoms with Gasteiger partial charge in [0.2, 0.25) is 0 Å². The van der Waals surface area contributed by atoms with Crippen LogP contribution in [-0.4, -0.2) is 5.11 Å². The van der Waals surface area contributed by atoms with E-state index in [1.807, 2.05) is 11.3 Å². The van der Waals surface area contributed by atoms with Crippen LogP contribution in [0.2, 0.25) is 0 Å². The van der Waals surface area contributed by atoms with Gasteiger partial charge in [0.05, 0.1) is 6.10 Å². The lowest BCUT2D eigenvalue weighted by Crippen LogP contribution is -1.95. The Balaban J connectivity index is 1.65. The van der Waals surface area contributed by atoms with Crippen LogP contribution in [0.15, 0.2) is 6.07 Å². The minimum Gasteiger partial charge on any atom is -0.388 e. The van der Waals surface area contributed by atoms with Gasteiger partial charge in [-0.1, -0.05) is 19.3 Å². The molecule has 17 heavy (non-hydrogen) atoms. The SMILES string of the molecule is OC(CCC1CC1)c1cc2c(s1)CCCCC2. The van der Waals surface area contributed by atoms with Crippen molar-refractivity contribution in [3.8, 4) is 0 Å². The van der Waals surface area contributed by atoms with E-state index >= 15 is 0 Å². The van der Waals surface area contributed by atoms with E-state index in [-0.39, 0.29) is 6.10 Å². The molecule has 1 nitrogen and oxygen atoms in total. The van der Waals surface area contributed by atoms with Gasteiger partial charge in [0, 0.05) is 9.75 Å². The molecule has 2 aliphatic carbocycles. The Hall–Kier alpha value is -0.340. The molecule has 0 aromatic carbocycles. The summed E-state index contributed by atoms with van der Waals surface area (Å²) in [6, 6.07) is 2.29. The zero-order valence-corrected chi connectivity index (χ0v) is 11.3. The van der Waals surface area contributed by atoms with E-state index in [4.69, 9.17) is 0 Å². The zero-order valence-electron chi connectivity index (χ0n) is 10.5. The van der Waals surface area contributed by atoms with E-state index in [1.54, 1.807) is 4.88 Å². The van der Waals surface area contributed by atoms with Crippen LogP contribution in [0.5, 0.6) is 0 Å². The molecule has 1 aromatic heterocycles. The van der Waals surface area contributed by atoms with Gasteiger partial charge in [-0.2, -0.15) is 0 Å². The molecule has 2 aliphatic rings. The molecule has 1 aromatic rings. The highest BCUT2D eigenvalue weighted by Crippen LogP contribution is 2.38. The predicted octanol–water partition coefficient (Wildman–Crippen LogP) is 4.24. The number of aliphatic hydroxyl groups excluding tert-OH is 1. The Morgan fingerprint density at radius 3 is 2.88 bits per heavy atom. The smallest absolute Gasteiger partial charge is 0.0882 e. The van der Waals surface area contributed by atoms with Gasteiger partial charge in [-0.3, -0.25) is 0 Å². The van der Waals surface area contributed by atoms with E-state index in [0.29, 0.717) is 0 Å². The van der Waals surface area contributed by atoms with E-state index in [0.717, 1.165) is 12.3 Å². The lowest BCUT2D eigenvalue weighted by Gasteiger charge is -2.07. The van der Waals surface area contributed by atoms with Crippen molar-refractivity contribution in [3.63, 3.8) is 0 Å². The first-order chi connectivity index (χ1) is 8.33. The Morgan fingerprint density at radius 1 is 1.24 bits per heavy atom. The van der Waals surface area contributed by atoms with Crippen LogP contribution in [-0.2, 0) is 12.8 Å². The molecule has 94 valence electrons. The molecule has 0 radical (unpaired) electrons. The summed E-state index contributed by atoms with van der Waals surface area (Å²) in [5.41, 5.74) is 1.54. The molecule has 1 heterocycles. The van der Waals surface area contributed by atoms with Crippen molar-refractivity contribution >= 4 is 11.3 Å². The maximum atomic E-state index is 10.2. The quantitative estimate of drug-likeness (QED) is 0.792. The van der Waals surface area contributed by atoms with Crippen LogP contribution < -0.4 is 0 Å². The summed E-state index contributed by atoms with van der Waals surface area (Å²) in [5.74, 6) is 0.933. The van der Waals surface area contributed by atoms with Crippen molar-refractivity contribution in [1.29, 1.82) is 0 Å². The Bertz CT molecular complexity index is 355. The summed E-state index contributed by atoms with van der Waals surface area (Å²) in [6.45, 7) is 0. The summed E-state index contributed by atoms with van der Waals surface area (Å²) in [6.07, 6.45) is 11.3. The molecule has 1 N–H and O–H groups in total. The highest BCUT2D eigenvalue weighted by atomic mass is 32.1. The summed E-state index contributed by atoms with van der Waals surface area (Å²) >= 11 is 1.88. The van der Waals surface area contributed by atoms with E-state index in [1.165, 1.54) is 61.8 Å². The number of thiophene rings is 1. The first-order valence-corrected chi connectivity index (χ1v) is 7.94. The highest BCUT2D eigenvalue weighted by molar-refractivity contribution is 7.12. The Kier molecular flexibility index (Phi) is 3.53. The van der Waals surface area contributed by atoms with E-state index < -0.39 is 0 Å². The summed E-state index contributed by atoms with van der Waals surface area (Å²) in [7, 11) is 0. The van der Waals surface area contributed by atoms with Gasteiger partial charge in [-0.25, -0.2) is 0 Å². The molecule has 1 saturated carbocycles. The second-order valence-electron chi connectivity index (χ2n) is 5.69. The molecule has 1 fully saturated rings. The molecule has 0 bridgehead atoms. The maximum absolute atomic E-state index is 10.2. The third-order valence-electron chi connectivity index (χ3n) is 4.14. The van der Waals surface area contributed by atoms with Crippen molar-refractivity contribution in [3.05, 3.63) is 21.4 Å². The molecular formula is C15H22OS. The monoisotopic (exact) mass is 250 g/mol. The normalized spacial score (nSPS) is 21.9. The molecule has 2 heteroatoms. The summed E-state index contributed by atoms with van der Waals surface area (Å²) in [5, 5.41) is 10.2. The van der Waals surface area contributed by atoms with Crippen LogP contribution in [0, 0.1) is 5.92 Å². The van der Waals surface area contributed by atoms with Gasteiger partial charge in [0.1, 0.15) is 0 Å². The van der Waals surface area contributed by atoms with Crippen LogP contribution in [0.4, 0.5) is 0 Å². The van der Waals surface area contributed by atoms with Crippen LogP contribution >= 0.6 is 11.3 Å².